The van der Waals surface area contributed by atoms with Crippen molar-refractivity contribution < 1.29 is 18.3 Å². The van der Waals surface area contributed by atoms with Gasteiger partial charge in [-0.1, -0.05) is 68.4 Å². The average Bonchev–Trinajstić information content (AvgIpc) is 3.16. The number of amides is 1. The van der Waals surface area contributed by atoms with Gasteiger partial charge < -0.3 is 10.0 Å². The van der Waals surface area contributed by atoms with Crippen LogP contribution in [0.25, 0.3) is 11.1 Å². The van der Waals surface area contributed by atoms with Crippen LogP contribution >= 0.6 is 0 Å². The number of sulfonamides is 1. The lowest BCUT2D eigenvalue weighted by molar-refractivity contribution is -0.132. The molecule has 0 bridgehead atoms. The summed E-state index contributed by atoms with van der Waals surface area (Å²) in [6.45, 7) is 9.56. The number of benzene rings is 3. The summed E-state index contributed by atoms with van der Waals surface area (Å²) >= 11 is 0. The quantitative estimate of drug-likeness (QED) is 0.320. The van der Waals surface area contributed by atoms with E-state index in [1.165, 1.54) is 24.3 Å². The first-order valence-electron chi connectivity index (χ1n) is 13.3. The lowest BCUT2D eigenvalue weighted by atomic mass is 9.87. The average molecular weight is 558 g/mol. The summed E-state index contributed by atoms with van der Waals surface area (Å²) in [5, 5.41) is 11.8. The molecule has 5 rings (SSSR count). The van der Waals surface area contributed by atoms with Crippen molar-refractivity contribution in [3.8, 4) is 11.1 Å². The van der Waals surface area contributed by atoms with Crippen molar-refractivity contribution in [2.45, 2.75) is 57.2 Å². The molecule has 8 heteroatoms. The molecular formula is C32H35N3O4S. The smallest absolute Gasteiger partial charge is 0.268 e. The lowest BCUT2D eigenvalue weighted by Gasteiger charge is -2.24. The number of fused-ring (bicyclic) bond motifs is 1. The first-order valence-corrected chi connectivity index (χ1v) is 14.7. The zero-order valence-corrected chi connectivity index (χ0v) is 24.2. The van der Waals surface area contributed by atoms with Gasteiger partial charge in [0.15, 0.2) is 5.60 Å². The van der Waals surface area contributed by atoms with Crippen molar-refractivity contribution in [3.05, 3.63) is 114 Å². The molecular weight excluding hydrogens is 522 g/mol. The van der Waals surface area contributed by atoms with Crippen molar-refractivity contribution in [3.63, 3.8) is 0 Å². The molecule has 0 radical (unpaired) electrons. The van der Waals surface area contributed by atoms with Crippen molar-refractivity contribution in [2.24, 2.45) is 0 Å². The Balaban J connectivity index is 0.00000181. The van der Waals surface area contributed by atoms with Crippen molar-refractivity contribution in [2.75, 3.05) is 4.90 Å². The van der Waals surface area contributed by atoms with Gasteiger partial charge >= 0.3 is 0 Å². The predicted molar refractivity (Wildman–Crippen MR) is 158 cm³/mol. The number of hydrogen-bond acceptors (Lipinski definition) is 5. The number of pyridine rings is 1. The van der Waals surface area contributed by atoms with Crippen LogP contribution in [0.1, 0.15) is 51.3 Å². The van der Waals surface area contributed by atoms with E-state index >= 15 is 0 Å². The Morgan fingerprint density at radius 2 is 1.43 bits per heavy atom. The van der Waals surface area contributed by atoms with Crippen molar-refractivity contribution in [1.29, 1.82) is 0 Å². The van der Waals surface area contributed by atoms with Crippen molar-refractivity contribution >= 4 is 21.6 Å². The minimum atomic E-state index is -3.76. The summed E-state index contributed by atoms with van der Waals surface area (Å²) in [5.74, 6) is -0.486. The first-order chi connectivity index (χ1) is 19.0. The molecule has 1 aliphatic rings. The molecule has 1 unspecified atom stereocenters. The lowest BCUT2D eigenvalue weighted by Crippen LogP contribution is -2.41. The summed E-state index contributed by atoms with van der Waals surface area (Å²) in [6, 6.07) is 24.7. The van der Waals surface area contributed by atoms with E-state index in [1.54, 1.807) is 50.2 Å². The molecule has 40 heavy (non-hydrogen) atoms. The highest BCUT2D eigenvalue weighted by Crippen LogP contribution is 2.45. The highest BCUT2D eigenvalue weighted by atomic mass is 32.2. The molecule has 4 aromatic rings. The van der Waals surface area contributed by atoms with Crippen LogP contribution in [0.3, 0.4) is 0 Å². The monoisotopic (exact) mass is 557 g/mol. The zero-order valence-electron chi connectivity index (χ0n) is 23.4. The number of aliphatic hydroxyl groups is 1. The summed E-state index contributed by atoms with van der Waals surface area (Å²) in [5.41, 5.74) is 1.79. The van der Waals surface area contributed by atoms with Crippen LogP contribution in [0.5, 0.6) is 0 Å². The fraction of sp³-hybridized carbons (Fsp3) is 0.250. The second-order valence-electron chi connectivity index (χ2n) is 10.4. The minimum absolute atomic E-state index is 0.0599. The molecule has 0 aliphatic carbocycles. The van der Waals surface area contributed by atoms with Gasteiger partial charge in [0.1, 0.15) is 0 Å². The summed E-state index contributed by atoms with van der Waals surface area (Å²) in [4.78, 5) is 19.5. The van der Waals surface area contributed by atoms with E-state index < -0.39 is 27.1 Å². The number of carbonyl (C=O) groups is 1. The fourth-order valence-electron chi connectivity index (χ4n) is 4.74. The van der Waals surface area contributed by atoms with Crippen LogP contribution in [0, 0.1) is 0 Å². The van der Waals surface area contributed by atoms with Gasteiger partial charge in [-0.15, -0.1) is 0 Å². The Labute approximate surface area is 236 Å². The second-order valence-corrected chi connectivity index (χ2v) is 12.1. The van der Waals surface area contributed by atoms with Crippen LogP contribution in [0.15, 0.2) is 102 Å². The van der Waals surface area contributed by atoms with Gasteiger partial charge in [0.25, 0.3) is 5.91 Å². The number of para-hydroxylation sites is 1. The van der Waals surface area contributed by atoms with E-state index in [-0.39, 0.29) is 11.4 Å². The van der Waals surface area contributed by atoms with Crippen LogP contribution in [-0.2, 0) is 27.0 Å². The maximum Gasteiger partial charge on any atom is 0.268 e. The molecule has 0 saturated carbocycles. The third kappa shape index (κ3) is 5.70. The van der Waals surface area contributed by atoms with Crippen LogP contribution in [0.2, 0.25) is 0 Å². The third-order valence-electron chi connectivity index (χ3n) is 6.47. The molecule has 0 saturated heterocycles. The number of rotatable bonds is 6. The highest BCUT2D eigenvalue weighted by molar-refractivity contribution is 7.89. The van der Waals surface area contributed by atoms with Gasteiger partial charge in [-0.05, 0) is 73.4 Å². The van der Waals surface area contributed by atoms with Gasteiger partial charge in [-0.3, -0.25) is 9.78 Å². The van der Waals surface area contributed by atoms with Gasteiger partial charge in [0.05, 0.1) is 17.1 Å². The van der Waals surface area contributed by atoms with E-state index in [9.17, 15) is 18.3 Å². The molecule has 0 spiro atoms. The van der Waals surface area contributed by atoms with E-state index in [4.69, 9.17) is 0 Å². The molecule has 208 valence electrons. The number of nitrogens with one attached hydrogen (secondary N) is 1. The molecule has 1 atom stereocenters. The van der Waals surface area contributed by atoms with Gasteiger partial charge in [0.2, 0.25) is 10.0 Å². The fourth-order valence-corrected chi connectivity index (χ4v) is 6.16. The second kappa shape index (κ2) is 11.3. The molecule has 1 aliphatic heterocycles. The normalized spacial score (nSPS) is 16.8. The largest absolute Gasteiger partial charge is 0.372 e. The SMILES string of the molecule is CC.CC(C)(C)NS(=O)(=O)c1ccc(C2(O)C(=O)N(Cc3ccc(-c4ccncc4)cc3)c3ccccc32)cc1. The van der Waals surface area contributed by atoms with Crippen LogP contribution in [0.4, 0.5) is 5.69 Å². The first kappa shape index (κ1) is 29.1. The van der Waals surface area contributed by atoms with Crippen LogP contribution < -0.4 is 9.62 Å². The third-order valence-corrected chi connectivity index (χ3v) is 8.24. The Morgan fingerprint density at radius 1 is 0.850 bits per heavy atom. The van der Waals surface area contributed by atoms with E-state index in [1.807, 2.05) is 62.4 Å². The van der Waals surface area contributed by atoms with Crippen molar-refractivity contribution in [1.82, 2.24) is 9.71 Å². The highest BCUT2D eigenvalue weighted by Gasteiger charge is 2.51. The number of nitrogens with zero attached hydrogens (tertiary/aromatic N) is 2. The Kier molecular flexibility index (Phi) is 8.25. The molecule has 1 aromatic heterocycles. The summed E-state index contributed by atoms with van der Waals surface area (Å²) in [7, 11) is -3.76. The Hall–Kier alpha value is -3.85. The molecule has 1 amide bonds. The predicted octanol–water partition coefficient (Wildman–Crippen LogP) is 5.63. The maximum absolute atomic E-state index is 13.8. The molecule has 0 fully saturated rings. The summed E-state index contributed by atoms with van der Waals surface area (Å²) in [6.07, 6.45) is 3.49. The molecule has 2 N–H and O–H groups in total. The van der Waals surface area contributed by atoms with E-state index in [2.05, 4.69) is 9.71 Å². The number of aromatic nitrogens is 1. The van der Waals surface area contributed by atoms with Gasteiger partial charge in [0, 0.05) is 23.5 Å². The zero-order chi connectivity index (χ0) is 29.1. The standard InChI is InChI=1S/C30H29N3O4S.C2H6/c1-29(2,3)32-38(36,37)25-14-12-24(13-15-25)30(35)26-6-4-5-7-27(26)33(28(30)34)20-21-8-10-22(11-9-21)23-16-18-31-19-17-23;1-2/h4-19,32,35H,20H2,1-3H3;1-2H3. The maximum atomic E-state index is 13.8. The minimum Gasteiger partial charge on any atom is -0.372 e. The van der Waals surface area contributed by atoms with Gasteiger partial charge in [-0.2, -0.15) is 0 Å². The molecule has 3 aromatic carbocycles. The Bertz CT molecular complexity index is 1580. The number of hydrogen-bond donors (Lipinski definition) is 2. The number of carbonyl (C=O) groups excluding carboxylic acids is 1. The summed E-state index contributed by atoms with van der Waals surface area (Å²) < 4.78 is 28.1. The van der Waals surface area contributed by atoms with Crippen LogP contribution in [-0.4, -0.2) is 30.0 Å². The molecule has 7 nitrogen and oxygen atoms in total. The van der Waals surface area contributed by atoms with E-state index in [0.29, 0.717) is 16.8 Å². The van der Waals surface area contributed by atoms with Gasteiger partial charge in [-0.25, -0.2) is 13.1 Å². The topological polar surface area (TPSA) is 99.6 Å². The Morgan fingerprint density at radius 3 is 2.02 bits per heavy atom. The van der Waals surface area contributed by atoms with E-state index in [0.717, 1.165) is 16.7 Å². The molecule has 2 heterocycles. The number of anilines is 1.